The topological polar surface area (TPSA) is 78.9 Å². The largest absolute Gasteiger partial charge is 0.462 e. The minimum atomic E-state index is -0.810. The highest BCUT2D eigenvalue weighted by Gasteiger charge is 2.19. The van der Waals surface area contributed by atoms with E-state index < -0.39 is 6.10 Å². The van der Waals surface area contributed by atoms with Crippen LogP contribution in [0, 0.1) is 0 Å². The molecule has 0 fully saturated rings. The zero-order valence-corrected chi connectivity index (χ0v) is 45.0. The summed E-state index contributed by atoms with van der Waals surface area (Å²) in [6.07, 6.45) is 80.3. The van der Waals surface area contributed by atoms with Crippen molar-refractivity contribution >= 4 is 17.9 Å². The lowest BCUT2D eigenvalue weighted by atomic mass is 10.1. The van der Waals surface area contributed by atoms with Crippen molar-refractivity contribution in [1.29, 1.82) is 0 Å². The van der Waals surface area contributed by atoms with Gasteiger partial charge in [-0.1, -0.05) is 238 Å². The molecule has 0 heterocycles. The van der Waals surface area contributed by atoms with Gasteiger partial charge >= 0.3 is 17.9 Å². The molecule has 0 aliphatic rings. The average molecular weight is 968 g/mol. The van der Waals surface area contributed by atoms with Gasteiger partial charge in [-0.2, -0.15) is 0 Å². The molecule has 6 nitrogen and oxygen atoms in total. The van der Waals surface area contributed by atoms with Crippen LogP contribution < -0.4 is 0 Å². The molecule has 0 bridgehead atoms. The van der Waals surface area contributed by atoms with E-state index in [-0.39, 0.29) is 37.5 Å². The number of rotatable bonds is 49. The Morgan fingerprint density at radius 3 is 0.986 bits per heavy atom. The van der Waals surface area contributed by atoms with Crippen LogP contribution in [0.5, 0.6) is 0 Å². The van der Waals surface area contributed by atoms with Gasteiger partial charge in [0.2, 0.25) is 0 Å². The molecule has 0 aromatic carbocycles. The van der Waals surface area contributed by atoms with Gasteiger partial charge in [-0.3, -0.25) is 14.4 Å². The summed E-state index contributed by atoms with van der Waals surface area (Å²) in [7, 11) is 0. The van der Waals surface area contributed by atoms with Crippen LogP contribution in [0.2, 0.25) is 0 Å². The van der Waals surface area contributed by atoms with Crippen LogP contribution in [0.1, 0.15) is 233 Å². The van der Waals surface area contributed by atoms with Gasteiger partial charge in [-0.25, -0.2) is 0 Å². The average Bonchev–Trinajstić information content (AvgIpc) is 3.36. The van der Waals surface area contributed by atoms with Gasteiger partial charge in [-0.05, 0) is 109 Å². The fraction of sp³-hybridized carbons (Fsp3) is 0.609. The minimum Gasteiger partial charge on any atom is -0.462 e. The van der Waals surface area contributed by atoms with Crippen molar-refractivity contribution in [3.05, 3.63) is 134 Å². The standard InChI is InChI=1S/C64H102O6/c1-4-7-10-13-16-19-22-24-25-26-27-28-29-30-31-32-33-34-35-36-37-38-39-41-42-45-48-51-54-57-63(66)69-60-61(59-68-62(65)56-53-50-47-44-21-18-15-12-9-6-3)70-64(67)58-55-52-49-46-43-40-23-20-17-14-11-8-5-2/h7,10-11,14,16,19-20,23-25,27-28,30-31,33-34,36-37,39,41,45,48,61H,4-6,8-9,12-13,15,17-18,21-22,26,29,32,35,38,40,42-44,46-47,49-60H2,1-3H3/b10-7-,14-11-,19-16-,23-20-,25-24-,28-27-,31-30-,34-33-,37-36-,41-39-,48-45-. The van der Waals surface area contributed by atoms with E-state index in [4.69, 9.17) is 14.2 Å². The van der Waals surface area contributed by atoms with Crippen molar-refractivity contribution in [2.24, 2.45) is 0 Å². The van der Waals surface area contributed by atoms with Crippen LogP contribution in [0.3, 0.4) is 0 Å². The molecule has 1 atom stereocenters. The highest BCUT2D eigenvalue weighted by atomic mass is 16.6. The third kappa shape index (κ3) is 54.5. The first-order chi connectivity index (χ1) is 34.5. The number of hydrogen-bond donors (Lipinski definition) is 0. The number of carbonyl (C=O) groups is 3. The van der Waals surface area contributed by atoms with Gasteiger partial charge in [-0.15, -0.1) is 0 Å². The van der Waals surface area contributed by atoms with Crippen molar-refractivity contribution in [3.8, 4) is 0 Å². The summed E-state index contributed by atoms with van der Waals surface area (Å²) >= 11 is 0. The second-order valence-electron chi connectivity index (χ2n) is 18.1. The fourth-order valence-corrected chi connectivity index (χ4v) is 7.19. The number of allylic oxidation sites excluding steroid dienone is 22. The predicted molar refractivity (Wildman–Crippen MR) is 302 cm³/mol. The zero-order valence-electron chi connectivity index (χ0n) is 45.0. The van der Waals surface area contributed by atoms with E-state index in [1.54, 1.807) is 0 Å². The highest BCUT2D eigenvalue weighted by molar-refractivity contribution is 5.71. The minimum absolute atomic E-state index is 0.104. The third-order valence-corrected chi connectivity index (χ3v) is 11.4. The number of esters is 3. The molecule has 0 saturated carbocycles. The Kier molecular flexibility index (Phi) is 53.5. The maximum absolute atomic E-state index is 12.8. The van der Waals surface area contributed by atoms with Crippen LogP contribution in [0.4, 0.5) is 0 Å². The van der Waals surface area contributed by atoms with Gasteiger partial charge in [0.15, 0.2) is 6.10 Å². The van der Waals surface area contributed by atoms with Gasteiger partial charge in [0.1, 0.15) is 13.2 Å². The Morgan fingerprint density at radius 1 is 0.300 bits per heavy atom. The molecule has 0 spiro atoms. The maximum Gasteiger partial charge on any atom is 0.306 e. The van der Waals surface area contributed by atoms with Gasteiger partial charge in [0.25, 0.3) is 0 Å². The molecular weight excluding hydrogens is 865 g/mol. The number of hydrogen-bond acceptors (Lipinski definition) is 6. The molecule has 394 valence electrons. The van der Waals surface area contributed by atoms with Crippen molar-refractivity contribution in [3.63, 3.8) is 0 Å². The Hall–Kier alpha value is -4.45. The maximum atomic E-state index is 12.8. The number of ether oxygens (including phenoxy) is 3. The molecule has 0 rings (SSSR count). The summed E-state index contributed by atoms with van der Waals surface area (Å²) in [5, 5.41) is 0. The summed E-state index contributed by atoms with van der Waals surface area (Å²) in [5.74, 6) is -0.990. The van der Waals surface area contributed by atoms with Crippen molar-refractivity contribution in [2.45, 2.75) is 239 Å². The van der Waals surface area contributed by atoms with E-state index in [9.17, 15) is 14.4 Å². The summed E-state index contributed by atoms with van der Waals surface area (Å²) in [6.45, 7) is 6.37. The Bertz CT molecular complexity index is 1530. The van der Waals surface area contributed by atoms with E-state index in [1.165, 1.54) is 51.4 Å². The molecule has 0 N–H and O–H groups in total. The van der Waals surface area contributed by atoms with Crippen molar-refractivity contribution in [1.82, 2.24) is 0 Å². The quantitative estimate of drug-likeness (QED) is 0.0262. The normalized spacial score (nSPS) is 13.1. The molecule has 0 amide bonds. The van der Waals surface area contributed by atoms with E-state index in [2.05, 4.69) is 154 Å². The molecule has 0 saturated heterocycles. The van der Waals surface area contributed by atoms with Crippen molar-refractivity contribution < 1.29 is 28.6 Å². The van der Waals surface area contributed by atoms with Gasteiger partial charge in [0.05, 0.1) is 0 Å². The molecule has 70 heavy (non-hydrogen) atoms. The SMILES string of the molecule is CC/C=C\C/C=C\C/C=C\C/C=C\C/C=C\C/C=C\C/C=C\C/C=C\C/C=C\CCCC(=O)OCC(COC(=O)CCCCCCCCCCCC)OC(=O)CCCCCCC/C=C\C/C=C\CCC. The van der Waals surface area contributed by atoms with Crippen LogP contribution in [0.15, 0.2) is 134 Å². The lowest BCUT2D eigenvalue weighted by Gasteiger charge is -2.18. The van der Waals surface area contributed by atoms with Crippen molar-refractivity contribution in [2.75, 3.05) is 13.2 Å². The molecule has 0 radical (unpaired) electrons. The van der Waals surface area contributed by atoms with E-state index in [0.29, 0.717) is 19.3 Å². The first-order valence-corrected chi connectivity index (χ1v) is 28.2. The fourth-order valence-electron chi connectivity index (χ4n) is 7.19. The first-order valence-electron chi connectivity index (χ1n) is 28.2. The molecule has 0 aliphatic heterocycles. The Morgan fingerprint density at radius 2 is 0.600 bits per heavy atom. The first kappa shape index (κ1) is 65.5. The van der Waals surface area contributed by atoms with Gasteiger partial charge in [0, 0.05) is 19.3 Å². The molecular formula is C64H102O6. The summed E-state index contributed by atoms with van der Waals surface area (Å²) in [6, 6.07) is 0. The van der Waals surface area contributed by atoms with Crippen LogP contribution >= 0.6 is 0 Å². The predicted octanol–water partition coefficient (Wildman–Crippen LogP) is 19.0. The Labute approximate surface area is 430 Å². The van der Waals surface area contributed by atoms with Crippen LogP contribution in [0.25, 0.3) is 0 Å². The second-order valence-corrected chi connectivity index (χ2v) is 18.1. The number of unbranched alkanes of at least 4 members (excludes halogenated alkanes) is 16. The zero-order chi connectivity index (χ0) is 50.7. The van der Waals surface area contributed by atoms with E-state index >= 15 is 0 Å². The highest BCUT2D eigenvalue weighted by Crippen LogP contribution is 2.13. The molecule has 6 heteroatoms. The smallest absolute Gasteiger partial charge is 0.306 e. The summed E-state index contributed by atoms with van der Waals surface area (Å²) < 4.78 is 16.7. The molecule has 0 aromatic heterocycles. The van der Waals surface area contributed by atoms with Crippen LogP contribution in [-0.2, 0) is 28.6 Å². The van der Waals surface area contributed by atoms with Crippen LogP contribution in [-0.4, -0.2) is 37.2 Å². The summed E-state index contributed by atoms with van der Waals surface area (Å²) in [4.78, 5) is 38.0. The monoisotopic (exact) mass is 967 g/mol. The lowest BCUT2D eigenvalue weighted by Crippen LogP contribution is -2.30. The third-order valence-electron chi connectivity index (χ3n) is 11.4. The van der Waals surface area contributed by atoms with E-state index in [0.717, 1.165) is 135 Å². The summed E-state index contributed by atoms with van der Waals surface area (Å²) in [5.41, 5.74) is 0. The lowest BCUT2D eigenvalue weighted by molar-refractivity contribution is -0.167. The molecule has 1 unspecified atom stereocenters. The second kappa shape index (κ2) is 57.1. The molecule has 0 aromatic rings. The molecule has 0 aliphatic carbocycles. The van der Waals surface area contributed by atoms with Gasteiger partial charge < -0.3 is 14.2 Å². The Balaban J connectivity index is 4.38. The van der Waals surface area contributed by atoms with E-state index in [1.807, 2.05) is 0 Å². The number of carbonyl (C=O) groups excluding carboxylic acids is 3.